The Labute approximate surface area is 124 Å². The van der Waals surface area contributed by atoms with E-state index in [1.807, 2.05) is 0 Å². The van der Waals surface area contributed by atoms with Gasteiger partial charge in [0.1, 0.15) is 17.2 Å². The number of nitrogens with one attached hydrogen (secondary N) is 1. The van der Waals surface area contributed by atoms with Gasteiger partial charge in [-0.2, -0.15) is 13.2 Å². The molecule has 0 aliphatic heterocycles. The number of aliphatic hydroxyl groups is 1. The molecular weight excluding hydrogens is 300 g/mol. The summed E-state index contributed by atoms with van der Waals surface area (Å²) in [4.78, 5) is 3.65. The number of anilines is 1. The monoisotopic (exact) mass is 314 g/mol. The largest absolute Gasteiger partial charge is 0.419 e. The third-order valence-electron chi connectivity index (χ3n) is 3.18. The number of hydrogen-bond acceptors (Lipinski definition) is 3. The third kappa shape index (κ3) is 3.73. The van der Waals surface area contributed by atoms with Gasteiger partial charge in [0.15, 0.2) is 0 Å². The molecule has 0 radical (unpaired) electrons. The first kappa shape index (κ1) is 16.2. The summed E-state index contributed by atoms with van der Waals surface area (Å²) in [5.74, 6) is -0.825. The van der Waals surface area contributed by atoms with Gasteiger partial charge in [0, 0.05) is 12.7 Å². The Kier molecular flexibility index (Phi) is 4.37. The first-order chi connectivity index (χ1) is 10.2. The van der Waals surface area contributed by atoms with Crippen molar-refractivity contribution in [3.8, 4) is 0 Å². The first-order valence-corrected chi connectivity index (χ1v) is 6.45. The Hall–Kier alpha value is -2.15. The van der Waals surface area contributed by atoms with Gasteiger partial charge in [-0.15, -0.1) is 0 Å². The molecule has 1 heterocycles. The number of rotatable bonds is 4. The van der Waals surface area contributed by atoms with Gasteiger partial charge >= 0.3 is 6.18 Å². The van der Waals surface area contributed by atoms with E-state index in [1.165, 1.54) is 43.5 Å². The summed E-state index contributed by atoms with van der Waals surface area (Å²) in [7, 11) is 0. The maximum atomic E-state index is 12.9. The van der Waals surface area contributed by atoms with Gasteiger partial charge in [0.05, 0.1) is 5.56 Å². The van der Waals surface area contributed by atoms with Crippen LogP contribution in [0.5, 0.6) is 0 Å². The van der Waals surface area contributed by atoms with E-state index in [2.05, 4.69) is 10.3 Å². The van der Waals surface area contributed by atoms with Gasteiger partial charge in [-0.1, -0.05) is 12.1 Å². The van der Waals surface area contributed by atoms with Crippen molar-refractivity contribution in [3.63, 3.8) is 0 Å². The van der Waals surface area contributed by atoms with Crippen molar-refractivity contribution in [2.45, 2.75) is 18.7 Å². The quantitative estimate of drug-likeness (QED) is 0.848. The molecule has 0 amide bonds. The van der Waals surface area contributed by atoms with Crippen LogP contribution in [0, 0.1) is 5.82 Å². The molecule has 0 bridgehead atoms. The highest BCUT2D eigenvalue weighted by Crippen LogP contribution is 2.34. The predicted molar refractivity (Wildman–Crippen MR) is 73.7 cm³/mol. The van der Waals surface area contributed by atoms with Crippen LogP contribution in [0.15, 0.2) is 42.6 Å². The highest BCUT2D eigenvalue weighted by Gasteiger charge is 2.34. The van der Waals surface area contributed by atoms with E-state index < -0.39 is 23.2 Å². The molecule has 0 saturated heterocycles. The summed E-state index contributed by atoms with van der Waals surface area (Å²) in [6, 6.07) is 7.19. The summed E-state index contributed by atoms with van der Waals surface area (Å²) in [5, 5.41) is 12.8. The molecule has 1 unspecified atom stereocenters. The zero-order valence-electron chi connectivity index (χ0n) is 11.7. The van der Waals surface area contributed by atoms with Crippen molar-refractivity contribution in [1.82, 2.24) is 4.98 Å². The molecule has 1 aromatic heterocycles. The normalized spacial score (nSPS) is 14.5. The molecule has 2 N–H and O–H groups in total. The van der Waals surface area contributed by atoms with Gasteiger partial charge in [-0.3, -0.25) is 0 Å². The van der Waals surface area contributed by atoms with Gasteiger partial charge < -0.3 is 10.4 Å². The lowest BCUT2D eigenvalue weighted by molar-refractivity contribution is -0.137. The molecule has 2 rings (SSSR count). The predicted octanol–water partition coefficient (Wildman–Crippen LogP) is 3.56. The van der Waals surface area contributed by atoms with Crippen molar-refractivity contribution in [3.05, 3.63) is 59.5 Å². The van der Waals surface area contributed by atoms with Crippen molar-refractivity contribution >= 4 is 5.82 Å². The zero-order valence-corrected chi connectivity index (χ0v) is 11.7. The number of alkyl halides is 3. The van der Waals surface area contributed by atoms with Crippen molar-refractivity contribution in [1.29, 1.82) is 0 Å². The summed E-state index contributed by atoms with van der Waals surface area (Å²) in [6.45, 7) is 1.21. The number of nitrogens with zero attached hydrogens (tertiary/aromatic N) is 1. The molecule has 3 nitrogen and oxygen atoms in total. The SMILES string of the molecule is CC(O)(CNc1ncccc1C(F)(F)F)c1ccc(F)cc1. The molecule has 0 aliphatic rings. The van der Waals surface area contributed by atoms with Gasteiger partial charge in [0.25, 0.3) is 0 Å². The van der Waals surface area contributed by atoms with Gasteiger partial charge in [-0.05, 0) is 36.8 Å². The van der Waals surface area contributed by atoms with Crippen LogP contribution >= 0.6 is 0 Å². The highest BCUT2D eigenvalue weighted by molar-refractivity contribution is 5.46. The number of aromatic nitrogens is 1. The Morgan fingerprint density at radius 2 is 1.77 bits per heavy atom. The molecule has 2 aromatic rings. The minimum Gasteiger partial charge on any atom is -0.384 e. The minimum absolute atomic E-state index is 0.210. The van der Waals surface area contributed by atoms with Crippen LogP contribution in [-0.2, 0) is 11.8 Å². The molecule has 0 spiro atoms. The van der Waals surface area contributed by atoms with Crippen LogP contribution in [0.25, 0.3) is 0 Å². The lowest BCUT2D eigenvalue weighted by atomic mass is 9.96. The van der Waals surface area contributed by atoms with Crippen LogP contribution in [-0.4, -0.2) is 16.6 Å². The molecule has 118 valence electrons. The molecular formula is C15H14F4N2O. The summed E-state index contributed by atoms with van der Waals surface area (Å²) in [6.07, 6.45) is -3.32. The smallest absolute Gasteiger partial charge is 0.384 e. The third-order valence-corrected chi connectivity index (χ3v) is 3.18. The standard InChI is InChI=1S/C15H14F4N2O/c1-14(22,10-4-6-11(16)7-5-10)9-21-13-12(15(17,18)19)3-2-8-20-13/h2-8,22H,9H2,1H3,(H,20,21). The van der Waals surface area contributed by atoms with Crippen LogP contribution in [0.1, 0.15) is 18.1 Å². The second kappa shape index (κ2) is 5.92. The van der Waals surface area contributed by atoms with E-state index in [9.17, 15) is 22.7 Å². The second-order valence-corrected chi connectivity index (χ2v) is 5.03. The number of benzene rings is 1. The van der Waals surface area contributed by atoms with E-state index >= 15 is 0 Å². The second-order valence-electron chi connectivity index (χ2n) is 5.03. The molecule has 1 aromatic carbocycles. The molecule has 0 saturated carbocycles. The lowest BCUT2D eigenvalue weighted by Gasteiger charge is -2.25. The number of hydrogen-bond donors (Lipinski definition) is 2. The molecule has 0 fully saturated rings. The van der Waals surface area contributed by atoms with Gasteiger partial charge in [0.2, 0.25) is 0 Å². The Bertz CT molecular complexity index is 639. The van der Waals surface area contributed by atoms with E-state index in [1.54, 1.807) is 0 Å². The topological polar surface area (TPSA) is 45.1 Å². The van der Waals surface area contributed by atoms with Gasteiger partial charge in [-0.25, -0.2) is 9.37 Å². The Balaban J connectivity index is 2.17. The fourth-order valence-electron chi connectivity index (χ4n) is 1.94. The zero-order chi connectivity index (χ0) is 16.4. The first-order valence-electron chi connectivity index (χ1n) is 6.45. The van der Waals surface area contributed by atoms with E-state index in [0.717, 1.165) is 6.07 Å². The minimum atomic E-state index is -4.54. The van der Waals surface area contributed by atoms with Crippen molar-refractivity contribution in [2.24, 2.45) is 0 Å². The van der Waals surface area contributed by atoms with Crippen LogP contribution < -0.4 is 5.32 Å². The number of halogens is 4. The van der Waals surface area contributed by atoms with Crippen LogP contribution in [0.4, 0.5) is 23.4 Å². The van der Waals surface area contributed by atoms with Crippen LogP contribution in [0.3, 0.4) is 0 Å². The Morgan fingerprint density at radius 1 is 1.14 bits per heavy atom. The maximum Gasteiger partial charge on any atom is 0.419 e. The summed E-state index contributed by atoms with van der Waals surface area (Å²) < 4.78 is 51.4. The fourth-order valence-corrected chi connectivity index (χ4v) is 1.94. The summed E-state index contributed by atoms with van der Waals surface area (Å²) >= 11 is 0. The van der Waals surface area contributed by atoms with Crippen molar-refractivity contribution in [2.75, 3.05) is 11.9 Å². The molecule has 7 heteroatoms. The number of pyridine rings is 1. The average molecular weight is 314 g/mol. The maximum absolute atomic E-state index is 12.9. The molecule has 0 aliphatic carbocycles. The van der Waals surface area contributed by atoms with Crippen LogP contribution in [0.2, 0.25) is 0 Å². The Morgan fingerprint density at radius 3 is 2.36 bits per heavy atom. The average Bonchev–Trinajstić information content (AvgIpc) is 2.45. The fraction of sp³-hybridized carbons (Fsp3) is 0.267. The molecule has 22 heavy (non-hydrogen) atoms. The highest BCUT2D eigenvalue weighted by atomic mass is 19.4. The molecule has 1 atom stereocenters. The van der Waals surface area contributed by atoms with E-state index in [-0.39, 0.29) is 12.4 Å². The van der Waals surface area contributed by atoms with Crippen molar-refractivity contribution < 1.29 is 22.7 Å². The lowest BCUT2D eigenvalue weighted by Crippen LogP contribution is -2.31. The van der Waals surface area contributed by atoms with E-state index in [4.69, 9.17) is 0 Å². The van der Waals surface area contributed by atoms with E-state index in [0.29, 0.717) is 5.56 Å². The summed E-state index contributed by atoms with van der Waals surface area (Å²) in [5.41, 5.74) is -2.01.